The van der Waals surface area contributed by atoms with Crippen LogP contribution in [0.1, 0.15) is 65.2 Å². The van der Waals surface area contributed by atoms with Gasteiger partial charge in [0.15, 0.2) is 0 Å². The van der Waals surface area contributed by atoms with E-state index >= 15 is 0 Å². The van der Waals surface area contributed by atoms with Gasteiger partial charge in [-0.05, 0) is 11.1 Å². The molecular weight excluding hydrogens is 196 g/mol. The summed E-state index contributed by atoms with van der Waals surface area (Å²) in [7, 11) is -0.961. The van der Waals surface area contributed by atoms with Crippen molar-refractivity contribution in [3.05, 3.63) is 0 Å². The van der Waals surface area contributed by atoms with E-state index in [9.17, 15) is 0 Å². The Balaban J connectivity index is 2.14. The van der Waals surface area contributed by atoms with Gasteiger partial charge in [0.25, 0.3) is 0 Å². The molecule has 0 saturated heterocycles. The molecular formula is C14H28Si. The normalized spacial score (nSPS) is 25.6. The fourth-order valence-corrected chi connectivity index (χ4v) is 10.2. The van der Waals surface area contributed by atoms with Gasteiger partial charge in [0.2, 0.25) is 0 Å². The van der Waals surface area contributed by atoms with E-state index in [0.29, 0.717) is 0 Å². The molecule has 0 aromatic rings. The molecule has 0 spiro atoms. The van der Waals surface area contributed by atoms with E-state index in [-0.39, 0.29) is 0 Å². The lowest BCUT2D eigenvalue weighted by atomic mass is 10.3. The minimum absolute atomic E-state index is 0.961. The van der Waals surface area contributed by atoms with Crippen molar-refractivity contribution >= 4 is 8.07 Å². The van der Waals surface area contributed by atoms with Crippen LogP contribution in [0, 0.1) is 0 Å². The van der Waals surface area contributed by atoms with Gasteiger partial charge < -0.3 is 0 Å². The molecule has 0 bridgehead atoms. The average molecular weight is 224 g/mol. The van der Waals surface area contributed by atoms with Gasteiger partial charge in [-0.15, -0.1) is 0 Å². The van der Waals surface area contributed by atoms with Gasteiger partial charge in [-0.25, -0.2) is 0 Å². The summed E-state index contributed by atoms with van der Waals surface area (Å²) in [6.07, 6.45) is 12.5. The second-order valence-electron chi connectivity index (χ2n) is 6.48. The van der Waals surface area contributed by atoms with Crippen LogP contribution in [-0.2, 0) is 0 Å². The van der Waals surface area contributed by atoms with Crippen LogP contribution in [0.15, 0.2) is 0 Å². The number of hydrogen-bond donors (Lipinski definition) is 0. The zero-order valence-corrected chi connectivity index (χ0v) is 11.9. The Labute approximate surface area is 96.9 Å². The Morgan fingerprint density at radius 3 is 1.40 bits per heavy atom. The molecule has 0 nitrogen and oxygen atoms in total. The minimum Gasteiger partial charge on any atom is -0.0686 e. The molecule has 2 saturated carbocycles. The summed E-state index contributed by atoms with van der Waals surface area (Å²) in [4.78, 5) is 0. The highest BCUT2D eigenvalue weighted by atomic mass is 28.3. The molecule has 15 heavy (non-hydrogen) atoms. The number of hydrogen-bond acceptors (Lipinski definition) is 0. The predicted octanol–water partition coefficient (Wildman–Crippen LogP) is 5.36. The van der Waals surface area contributed by atoms with Gasteiger partial charge in [0.1, 0.15) is 0 Å². The maximum Gasteiger partial charge on any atom is 0.0592 e. The molecule has 2 aliphatic carbocycles. The first-order chi connectivity index (χ1) is 7.15. The van der Waals surface area contributed by atoms with E-state index in [1.165, 1.54) is 36.8 Å². The van der Waals surface area contributed by atoms with E-state index in [1.54, 1.807) is 25.7 Å². The van der Waals surface area contributed by atoms with Crippen LogP contribution in [0.3, 0.4) is 0 Å². The molecule has 0 aromatic carbocycles. The molecule has 0 heterocycles. The predicted molar refractivity (Wildman–Crippen MR) is 71.2 cm³/mol. The molecule has 0 radical (unpaired) electrons. The van der Waals surface area contributed by atoms with Crippen LogP contribution >= 0.6 is 0 Å². The molecule has 0 amide bonds. The van der Waals surface area contributed by atoms with Crippen LogP contribution in [0.2, 0.25) is 23.2 Å². The smallest absolute Gasteiger partial charge is 0.0592 e. The largest absolute Gasteiger partial charge is 0.0686 e. The molecule has 0 aliphatic heterocycles. The molecule has 2 rings (SSSR count). The maximum atomic E-state index is 2.75. The van der Waals surface area contributed by atoms with Crippen molar-refractivity contribution in [2.75, 3.05) is 0 Å². The zero-order valence-electron chi connectivity index (χ0n) is 10.9. The average Bonchev–Trinajstić information content (AvgIpc) is 2.89. The van der Waals surface area contributed by atoms with Crippen LogP contribution in [0.25, 0.3) is 0 Å². The van der Waals surface area contributed by atoms with Crippen LogP contribution in [-0.4, -0.2) is 8.07 Å². The highest BCUT2D eigenvalue weighted by molar-refractivity contribution is 6.82. The van der Waals surface area contributed by atoms with Crippen molar-refractivity contribution in [3.8, 4) is 0 Å². The highest BCUT2D eigenvalue weighted by Gasteiger charge is 2.46. The fourth-order valence-electron chi connectivity index (χ4n) is 4.37. The van der Waals surface area contributed by atoms with Gasteiger partial charge in [-0.3, -0.25) is 0 Å². The van der Waals surface area contributed by atoms with E-state index in [2.05, 4.69) is 20.4 Å². The first kappa shape index (κ1) is 11.7. The second-order valence-corrected chi connectivity index (χ2v) is 12.0. The van der Waals surface area contributed by atoms with Gasteiger partial charge in [0, 0.05) is 0 Å². The highest BCUT2D eigenvalue weighted by Crippen LogP contribution is 2.54. The third-order valence-electron chi connectivity index (χ3n) is 5.71. The molecule has 0 unspecified atom stereocenters. The molecule has 88 valence electrons. The quantitative estimate of drug-likeness (QED) is 0.566. The third-order valence-corrected chi connectivity index (χ3v) is 12.9. The molecule has 0 aromatic heterocycles. The summed E-state index contributed by atoms with van der Waals surface area (Å²) in [6, 6.07) is 0. The van der Waals surface area contributed by atoms with Crippen LogP contribution in [0.5, 0.6) is 0 Å². The van der Waals surface area contributed by atoms with Crippen molar-refractivity contribution in [1.82, 2.24) is 0 Å². The summed E-state index contributed by atoms with van der Waals surface area (Å²) >= 11 is 0. The van der Waals surface area contributed by atoms with Crippen molar-refractivity contribution in [3.63, 3.8) is 0 Å². The first-order valence-electron chi connectivity index (χ1n) is 7.15. The van der Waals surface area contributed by atoms with Gasteiger partial charge >= 0.3 is 0 Å². The fraction of sp³-hybridized carbons (Fsp3) is 1.00. The topological polar surface area (TPSA) is 0 Å². The Morgan fingerprint density at radius 1 is 0.800 bits per heavy atom. The molecule has 2 fully saturated rings. The first-order valence-corrected chi connectivity index (χ1v) is 9.89. The summed E-state index contributed by atoms with van der Waals surface area (Å²) in [6.45, 7) is 7.81. The van der Waals surface area contributed by atoms with Gasteiger partial charge in [-0.2, -0.15) is 0 Å². The second kappa shape index (κ2) is 4.61. The van der Waals surface area contributed by atoms with Crippen LogP contribution < -0.4 is 0 Å². The van der Waals surface area contributed by atoms with Crippen molar-refractivity contribution < 1.29 is 0 Å². The van der Waals surface area contributed by atoms with Crippen molar-refractivity contribution in [1.29, 1.82) is 0 Å². The van der Waals surface area contributed by atoms with Gasteiger partial charge in [-0.1, -0.05) is 77.3 Å². The Morgan fingerprint density at radius 2 is 1.13 bits per heavy atom. The molecule has 0 atom stereocenters. The lowest BCUT2D eigenvalue weighted by molar-refractivity contribution is 0.711. The summed E-state index contributed by atoms with van der Waals surface area (Å²) in [5.41, 5.74) is 3.38. The Hall–Kier alpha value is 0.217. The molecule has 1 heteroatoms. The van der Waals surface area contributed by atoms with E-state index in [0.717, 1.165) is 5.54 Å². The van der Waals surface area contributed by atoms with Crippen molar-refractivity contribution in [2.45, 2.75) is 88.4 Å². The number of rotatable bonds is 3. The summed E-state index contributed by atoms with van der Waals surface area (Å²) < 4.78 is 0. The standard InChI is InChI=1S/C14H28Si/c1-12(2)15(3,13-8-4-5-9-13)14-10-6-7-11-14/h12-14H,4-11H2,1-3H3. The maximum absolute atomic E-state index is 2.75. The van der Waals surface area contributed by atoms with Crippen LogP contribution in [0.4, 0.5) is 0 Å². The Kier molecular flexibility index (Phi) is 3.59. The zero-order chi connectivity index (χ0) is 10.9. The van der Waals surface area contributed by atoms with Gasteiger partial charge in [0.05, 0.1) is 8.07 Å². The molecule has 2 aliphatic rings. The minimum atomic E-state index is -0.961. The van der Waals surface area contributed by atoms with Crippen molar-refractivity contribution in [2.24, 2.45) is 0 Å². The van der Waals surface area contributed by atoms with E-state index in [1.807, 2.05) is 0 Å². The molecule has 0 N–H and O–H groups in total. The Bertz CT molecular complexity index is 181. The summed E-state index contributed by atoms with van der Waals surface area (Å²) in [5, 5.41) is 0. The summed E-state index contributed by atoms with van der Waals surface area (Å²) in [5.74, 6) is 0. The van der Waals surface area contributed by atoms with E-state index < -0.39 is 8.07 Å². The lowest BCUT2D eigenvalue weighted by Gasteiger charge is -2.43. The third kappa shape index (κ3) is 2.04. The lowest BCUT2D eigenvalue weighted by Crippen LogP contribution is -2.43. The van der Waals surface area contributed by atoms with E-state index in [4.69, 9.17) is 0 Å². The SMILES string of the molecule is CC(C)[Si](C)(C1CCCC1)C1CCCC1. The monoisotopic (exact) mass is 224 g/mol.